The fourth-order valence-corrected chi connectivity index (χ4v) is 8.97. The van der Waals surface area contributed by atoms with E-state index in [0.29, 0.717) is 12.8 Å². The Morgan fingerprint density at radius 2 is 0.726 bits per heavy atom. The summed E-state index contributed by atoms with van der Waals surface area (Å²) in [5.74, 6) is -0.497. The molecule has 0 radical (unpaired) electrons. The summed E-state index contributed by atoms with van der Waals surface area (Å²) in [5, 5.41) is 12.8. The second-order valence-corrected chi connectivity index (χ2v) is 20.0. The molecule has 0 aromatic carbocycles. The van der Waals surface area contributed by atoms with E-state index in [1.54, 1.807) is 0 Å². The predicted octanol–water partition coefficient (Wildman–Crippen LogP) is 16.0. The largest absolute Gasteiger partial charge is 0.472 e. The number of aliphatic hydroxyl groups is 1. The SMILES string of the molecule is CCCCCCCCCCCCCCCCCCCCCCCCCC(=O)NCCOP(=O)(O)OCC(O)COC(=O)CCCCCCCCCCCCCCCCCCCC. The maximum Gasteiger partial charge on any atom is 0.472 e. The van der Waals surface area contributed by atoms with Gasteiger partial charge in [-0.25, -0.2) is 4.57 Å². The van der Waals surface area contributed by atoms with Crippen LogP contribution in [0.4, 0.5) is 0 Å². The quantitative estimate of drug-likeness (QED) is 0.0312. The van der Waals surface area contributed by atoms with Crippen LogP contribution in [0.25, 0.3) is 0 Å². The number of amides is 1. The number of phosphoric acid groups is 1. The molecule has 62 heavy (non-hydrogen) atoms. The van der Waals surface area contributed by atoms with Crippen LogP contribution < -0.4 is 5.32 Å². The van der Waals surface area contributed by atoms with Crippen LogP contribution in [0, 0.1) is 0 Å². The topological polar surface area (TPSA) is 131 Å². The van der Waals surface area contributed by atoms with Crippen LogP contribution >= 0.6 is 7.82 Å². The van der Waals surface area contributed by atoms with Gasteiger partial charge in [-0.3, -0.25) is 18.6 Å². The number of carbonyl (C=O) groups is 2. The number of carbonyl (C=O) groups excluding carboxylic acids is 2. The molecule has 10 heteroatoms. The van der Waals surface area contributed by atoms with Crippen LogP contribution in [0.5, 0.6) is 0 Å². The van der Waals surface area contributed by atoms with Crippen molar-refractivity contribution in [3.8, 4) is 0 Å². The van der Waals surface area contributed by atoms with E-state index in [1.807, 2.05) is 0 Å². The molecule has 0 aliphatic rings. The summed E-state index contributed by atoms with van der Waals surface area (Å²) >= 11 is 0. The molecule has 2 atom stereocenters. The molecule has 0 saturated carbocycles. The average Bonchev–Trinajstić information content (AvgIpc) is 3.26. The molecule has 0 aliphatic heterocycles. The molecular formula is C52H104NO8P. The van der Waals surface area contributed by atoms with Gasteiger partial charge in [-0.05, 0) is 12.8 Å². The summed E-state index contributed by atoms with van der Waals surface area (Å²) < 4.78 is 27.0. The first-order chi connectivity index (χ1) is 30.3. The standard InChI is InChI=1S/C52H104NO8P/c1-3-5-7-9-11-13-15-17-19-21-23-24-25-26-27-28-30-32-34-36-38-40-42-44-51(55)53-46-47-60-62(57,58)61-49-50(54)48-59-52(56)45-43-41-39-37-35-33-31-29-22-20-18-16-14-12-10-8-6-4-2/h50,54H,3-49H2,1-2H3,(H,53,55)(H,57,58). The van der Waals surface area contributed by atoms with Crippen LogP contribution in [0.1, 0.15) is 290 Å². The molecule has 0 aromatic rings. The van der Waals surface area contributed by atoms with Gasteiger partial charge in [0.15, 0.2) is 0 Å². The molecule has 9 nitrogen and oxygen atoms in total. The number of rotatable bonds is 52. The van der Waals surface area contributed by atoms with Gasteiger partial charge in [0.2, 0.25) is 5.91 Å². The average molecular weight is 902 g/mol. The van der Waals surface area contributed by atoms with Crippen molar-refractivity contribution >= 4 is 19.7 Å². The normalized spacial score (nSPS) is 13.0. The minimum Gasteiger partial charge on any atom is -0.463 e. The van der Waals surface area contributed by atoms with Gasteiger partial charge in [0.25, 0.3) is 0 Å². The Labute approximate surface area is 384 Å². The molecule has 0 spiro atoms. The number of nitrogens with one attached hydrogen (secondary N) is 1. The zero-order chi connectivity index (χ0) is 45.3. The van der Waals surface area contributed by atoms with Gasteiger partial charge in [0.1, 0.15) is 12.7 Å². The monoisotopic (exact) mass is 902 g/mol. The molecule has 0 rings (SSSR count). The fourth-order valence-electron chi connectivity index (χ4n) is 8.21. The summed E-state index contributed by atoms with van der Waals surface area (Å²) in [4.78, 5) is 34.1. The Balaban J connectivity index is 3.48. The molecule has 0 aliphatic carbocycles. The molecule has 0 saturated heterocycles. The third-order valence-electron chi connectivity index (χ3n) is 12.3. The smallest absolute Gasteiger partial charge is 0.463 e. The van der Waals surface area contributed by atoms with Crippen molar-refractivity contribution in [3.05, 3.63) is 0 Å². The van der Waals surface area contributed by atoms with E-state index in [-0.39, 0.29) is 25.7 Å². The van der Waals surface area contributed by atoms with Crippen molar-refractivity contribution in [2.45, 2.75) is 296 Å². The highest BCUT2D eigenvalue weighted by Crippen LogP contribution is 2.42. The van der Waals surface area contributed by atoms with Gasteiger partial charge < -0.3 is 20.1 Å². The number of hydrogen-bond donors (Lipinski definition) is 3. The summed E-state index contributed by atoms with van der Waals surface area (Å²) in [5.41, 5.74) is 0. The molecule has 2 unspecified atom stereocenters. The highest BCUT2D eigenvalue weighted by Gasteiger charge is 2.23. The van der Waals surface area contributed by atoms with Gasteiger partial charge in [-0.2, -0.15) is 0 Å². The van der Waals surface area contributed by atoms with Crippen LogP contribution in [0.3, 0.4) is 0 Å². The highest BCUT2D eigenvalue weighted by molar-refractivity contribution is 7.47. The zero-order valence-corrected chi connectivity index (χ0v) is 42.0. The van der Waals surface area contributed by atoms with E-state index in [0.717, 1.165) is 38.5 Å². The second kappa shape index (κ2) is 49.4. The van der Waals surface area contributed by atoms with Crippen LogP contribution in [-0.2, 0) is 27.9 Å². The van der Waals surface area contributed by atoms with Crippen LogP contribution in [0.2, 0.25) is 0 Å². The lowest BCUT2D eigenvalue weighted by Crippen LogP contribution is -2.27. The number of hydrogen-bond acceptors (Lipinski definition) is 7. The van der Waals surface area contributed by atoms with E-state index in [4.69, 9.17) is 13.8 Å². The third kappa shape index (κ3) is 50.0. The number of unbranched alkanes of at least 4 members (excludes halogenated alkanes) is 39. The molecule has 3 N–H and O–H groups in total. The number of esters is 1. The Bertz CT molecular complexity index is 984. The second-order valence-electron chi connectivity index (χ2n) is 18.6. The molecule has 1 amide bonds. The summed E-state index contributed by atoms with van der Waals surface area (Å²) in [7, 11) is -4.42. The lowest BCUT2D eigenvalue weighted by atomic mass is 10.0. The molecule has 0 fully saturated rings. The van der Waals surface area contributed by atoms with Crippen molar-refractivity contribution in [2.75, 3.05) is 26.4 Å². The maximum absolute atomic E-state index is 12.2. The van der Waals surface area contributed by atoms with E-state index in [9.17, 15) is 24.2 Å². The number of ether oxygens (including phenoxy) is 1. The van der Waals surface area contributed by atoms with Gasteiger partial charge >= 0.3 is 13.8 Å². The third-order valence-corrected chi connectivity index (χ3v) is 13.3. The van der Waals surface area contributed by atoms with E-state index in [1.165, 1.54) is 225 Å². The van der Waals surface area contributed by atoms with Gasteiger partial charge in [0.05, 0.1) is 13.2 Å². The van der Waals surface area contributed by atoms with Crippen molar-refractivity contribution in [1.29, 1.82) is 0 Å². The van der Waals surface area contributed by atoms with Crippen LogP contribution in [-0.4, -0.2) is 54.3 Å². The minimum atomic E-state index is -4.42. The molecule has 0 heterocycles. The van der Waals surface area contributed by atoms with Gasteiger partial charge in [0, 0.05) is 19.4 Å². The first-order valence-corrected chi connectivity index (χ1v) is 28.5. The number of phosphoric ester groups is 1. The first kappa shape index (κ1) is 61.0. The molecule has 0 bridgehead atoms. The van der Waals surface area contributed by atoms with E-state index < -0.39 is 26.5 Å². The number of aliphatic hydroxyl groups excluding tert-OH is 1. The Kier molecular flexibility index (Phi) is 48.7. The Morgan fingerprint density at radius 3 is 1.05 bits per heavy atom. The van der Waals surface area contributed by atoms with Gasteiger partial charge in [-0.1, -0.05) is 264 Å². The van der Waals surface area contributed by atoms with Crippen molar-refractivity contribution in [3.63, 3.8) is 0 Å². The Morgan fingerprint density at radius 1 is 0.435 bits per heavy atom. The van der Waals surface area contributed by atoms with Crippen LogP contribution in [0.15, 0.2) is 0 Å². The zero-order valence-electron chi connectivity index (χ0n) is 41.1. The van der Waals surface area contributed by atoms with E-state index >= 15 is 0 Å². The fraction of sp³-hybridized carbons (Fsp3) is 0.962. The molecule has 370 valence electrons. The molecular weight excluding hydrogens is 798 g/mol. The lowest BCUT2D eigenvalue weighted by molar-refractivity contribution is -0.147. The van der Waals surface area contributed by atoms with Gasteiger partial charge in [-0.15, -0.1) is 0 Å². The Hall–Kier alpha value is -0.990. The van der Waals surface area contributed by atoms with Crippen molar-refractivity contribution in [1.82, 2.24) is 5.32 Å². The summed E-state index contributed by atoms with van der Waals surface area (Å²) in [6, 6.07) is 0. The first-order valence-electron chi connectivity index (χ1n) is 27.0. The predicted molar refractivity (Wildman–Crippen MR) is 262 cm³/mol. The van der Waals surface area contributed by atoms with Crippen molar-refractivity contribution < 1.29 is 37.9 Å². The molecule has 0 aromatic heterocycles. The summed E-state index contributed by atoms with van der Waals surface area (Å²) in [6.45, 7) is 3.63. The lowest BCUT2D eigenvalue weighted by Gasteiger charge is -2.15. The summed E-state index contributed by atoms with van der Waals surface area (Å²) in [6.07, 6.45) is 53.4. The minimum absolute atomic E-state index is 0.0890. The van der Waals surface area contributed by atoms with Crippen molar-refractivity contribution in [2.24, 2.45) is 0 Å². The van der Waals surface area contributed by atoms with E-state index in [2.05, 4.69) is 19.2 Å². The maximum atomic E-state index is 12.2. The highest BCUT2D eigenvalue weighted by atomic mass is 31.2.